The molecular weight excluding hydrogens is 662 g/mol. The van der Waals surface area contributed by atoms with Crippen LogP contribution in [0.2, 0.25) is 0 Å². The van der Waals surface area contributed by atoms with Crippen molar-refractivity contribution in [3.63, 3.8) is 0 Å². The second kappa shape index (κ2) is 13.6. The molecule has 45 heavy (non-hydrogen) atoms. The number of esters is 1. The first-order valence-electron chi connectivity index (χ1n) is 14.2. The number of carbonyl (C=O) groups is 1. The van der Waals surface area contributed by atoms with Crippen LogP contribution in [0.5, 0.6) is 11.5 Å². The Kier molecular flexibility index (Phi) is 9.64. The Morgan fingerprint density at radius 2 is 1.87 bits per heavy atom. The van der Waals surface area contributed by atoms with Crippen LogP contribution in [0.15, 0.2) is 92.3 Å². The maximum absolute atomic E-state index is 14.0. The Bertz CT molecular complexity index is 1980. The molecule has 10 nitrogen and oxygen atoms in total. The molecule has 0 unspecified atom stereocenters. The van der Waals surface area contributed by atoms with Gasteiger partial charge in [0.1, 0.15) is 24.1 Å². The topological polar surface area (TPSA) is 122 Å². The molecule has 0 radical (unpaired) electrons. The molecule has 1 aliphatic rings. The number of para-hydroxylation sites is 1. The van der Waals surface area contributed by atoms with Gasteiger partial charge in [-0.25, -0.2) is 9.79 Å². The van der Waals surface area contributed by atoms with Crippen LogP contribution >= 0.6 is 27.3 Å². The van der Waals surface area contributed by atoms with Crippen molar-refractivity contribution in [3.05, 3.63) is 129 Å². The zero-order chi connectivity index (χ0) is 32.2. The number of aromatic nitrogens is 1. The number of halogens is 1. The smallest absolute Gasteiger partial charge is 0.338 e. The van der Waals surface area contributed by atoms with Gasteiger partial charge >= 0.3 is 5.97 Å². The summed E-state index contributed by atoms with van der Waals surface area (Å²) in [5.74, 6) is 0.603. The van der Waals surface area contributed by atoms with Gasteiger partial charge in [0, 0.05) is 17.7 Å². The van der Waals surface area contributed by atoms with Gasteiger partial charge in [-0.2, -0.15) is 0 Å². The standard InChI is InChI=1S/C33H30BrN3O7S/c1-5-42-32(39)29-20(4)35-33-36(30(29)24-8-6-7-9-26(24)44-19(2)3)31(38)28(45-33)17-22-12-15-27(25(34)16-22)43-18-21-10-13-23(14-11-21)37(40)41/h6-17,19,30H,5,18H2,1-4H3/b28-17+/t30-/m1/s1. The van der Waals surface area contributed by atoms with Gasteiger partial charge in [-0.3, -0.25) is 19.5 Å². The first kappa shape index (κ1) is 31.9. The third-order valence-electron chi connectivity index (χ3n) is 6.89. The summed E-state index contributed by atoms with van der Waals surface area (Å²) >= 11 is 4.78. The molecule has 1 atom stereocenters. The van der Waals surface area contributed by atoms with Crippen LogP contribution in [0, 0.1) is 10.1 Å². The van der Waals surface area contributed by atoms with E-state index in [9.17, 15) is 19.7 Å². The van der Waals surface area contributed by atoms with E-state index >= 15 is 0 Å². The number of allylic oxidation sites excluding steroid dienone is 1. The number of nitrogens with zero attached hydrogens (tertiary/aromatic N) is 3. The lowest BCUT2D eigenvalue weighted by atomic mass is 9.95. The van der Waals surface area contributed by atoms with Crippen LogP contribution in [-0.4, -0.2) is 28.2 Å². The number of thiazole rings is 1. The fourth-order valence-corrected chi connectivity index (χ4v) is 6.46. The lowest BCUT2D eigenvalue weighted by Gasteiger charge is -2.26. The van der Waals surface area contributed by atoms with Gasteiger partial charge in [-0.05, 0) is 91.2 Å². The molecule has 0 saturated heterocycles. The Balaban J connectivity index is 1.51. The molecule has 4 aromatic rings. The number of nitro groups is 1. The second-order valence-electron chi connectivity index (χ2n) is 10.4. The molecule has 0 spiro atoms. The van der Waals surface area contributed by atoms with E-state index in [1.165, 1.54) is 28.0 Å². The molecule has 0 fully saturated rings. The largest absolute Gasteiger partial charge is 0.491 e. The molecule has 232 valence electrons. The molecule has 0 aliphatic carbocycles. The minimum atomic E-state index is -0.792. The summed E-state index contributed by atoms with van der Waals surface area (Å²) in [6, 6.07) is 18.2. The van der Waals surface area contributed by atoms with E-state index in [0.29, 0.717) is 36.6 Å². The minimum absolute atomic E-state index is 0.0151. The molecule has 3 aromatic carbocycles. The summed E-state index contributed by atoms with van der Waals surface area (Å²) in [5, 5.41) is 10.9. The lowest BCUT2D eigenvalue weighted by Crippen LogP contribution is -2.40. The maximum Gasteiger partial charge on any atom is 0.338 e. The number of hydrogen-bond donors (Lipinski definition) is 0. The summed E-state index contributed by atoms with van der Waals surface area (Å²) in [6.07, 6.45) is 1.64. The molecule has 1 aromatic heterocycles. The van der Waals surface area contributed by atoms with Gasteiger partial charge in [0.2, 0.25) is 0 Å². The van der Waals surface area contributed by atoms with Crippen LogP contribution in [0.1, 0.15) is 50.4 Å². The van der Waals surface area contributed by atoms with E-state index in [-0.39, 0.29) is 36.1 Å². The van der Waals surface area contributed by atoms with Crippen LogP contribution in [-0.2, 0) is 16.1 Å². The molecule has 0 N–H and O–H groups in total. The molecule has 1 aliphatic heterocycles. The summed E-state index contributed by atoms with van der Waals surface area (Å²) in [4.78, 5) is 42.9. The molecule has 0 saturated carbocycles. The fourth-order valence-electron chi connectivity index (χ4n) is 4.90. The number of benzene rings is 3. The van der Waals surface area contributed by atoms with Crippen molar-refractivity contribution in [1.82, 2.24) is 4.57 Å². The number of nitro benzene ring substituents is 1. The van der Waals surface area contributed by atoms with Crippen molar-refractivity contribution in [3.8, 4) is 11.5 Å². The first-order valence-corrected chi connectivity index (χ1v) is 15.8. The summed E-state index contributed by atoms with van der Waals surface area (Å²) in [5.41, 5.74) is 2.67. The van der Waals surface area contributed by atoms with Gasteiger partial charge in [-0.15, -0.1) is 0 Å². The summed E-state index contributed by atoms with van der Waals surface area (Å²) in [6.45, 7) is 7.71. The highest BCUT2D eigenvalue weighted by Gasteiger charge is 2.35. The van der Waals surface area contributed by atoms with Crippen LogP contribution in [0.3, 0.4) is 0 Å². The van der Waals surface area contributed by atoms with Crippen molar-refractivity contribution < 1.29 is 23.9 Å². The average Bonchev–Trinajstić information content (AvgIpc) is 3.30. The number of fused-ring (bicyclic) bond motifs is 1. The normalized spacial score (nSPS) is 14.6. The first-order chi connectivity index (χ1) is 21.6. The number of rotatable bonds is 10. The zero-order valence-electron chi connectivity index (χ0n) is 25.0. The zero-order valence-corrected chi connectivity index (χ0v) is 27.4. The molecule has 5 rings (SSSR count). The Morgan fingerprint density at radius 3 is 2.53 bits per heavy atom. The Morgan fingerprint density at radius 1 is 1.13 bits per heavy atom. The SMILES string of the molecule is CCOC(=O)C1=C(C)N=c2s/c(=C/c3ccc(OCc4ccc([N+](=O)[O-])cc4)c(Br)c3)c(=O)n2[C@@H]1c1ccccc1OC(C)C. The van der Waals surface area contributed by atoms with E-state index < -0.39 is 16.9 Å². The number of non-ortho nitro benzene ring substituents is 1. The number of hydrogen-bond acceptors (Lipinski definition) is 9. The Hall–Kier alpha value is -4.55. The average molecular weight is 693 g/mol. The van der Waals surface area contributed by atoms with Crippen molar-refractivity contribution in [2.24, 2.45) is 4.99 Å². The summed E-state index contributed by atoms with van der Waals surface area (Å²) < 4.78 is 20.1. The van der Waals surface area contributed by atoms with Crippen LogP contribution in [0.25, 0.3) is 6.08 Å². The molecule has 12 heteroatoms. The maximum atomic E-state index is 14.0. The van der Waals surface area contributed by atoms with E-state index in [1.807, 2.05) is 50.2 Å². The van der Waals surface area contributed by atoms with Crippen LogP contribution in [0.4, 0.5) is 5.69 Å². The van der Waals surface area contributed by atoms with Crippen molar-refractivity contribution in [2.45, 2.75) is 46.4 Å². The third-order valence-corrected chi connectivity index (χ3v) is 8.49. The molecule has 2 heterocycles. The third kappa shape index (κ3) is 6.91. The molecule has 0 amide bonds. The predicted octanol–water partition coefficient (Wildman–Crippen LogP) is 5.84. The van der Waals surface area contributed by atoms with Gasteiger partial charge in [0.05, 0.1) is 37.9 Å². The minimum Gasteiger partial charge on any atom is -0.491 e. The monoisotopic (exact) mass is 691 g/mol. The number of carbonyl (C=O) groups excluding carboxylic acids is 1. The van der Waals surface area contributed by atoms with E-state index in [2.05, 4.69) is 20.9 Å². The highest BCUT2D eigenvalue weighted by molar-refractivity contribution is 9.10. The highest BCUT2D eigenvalue weighted by Crippen LogP contribution is 2.36. The summed E-state index contributed by atoms with van der Waals surface area (Å²) in [7, 11) is 0. The predicted molar refractivity (Wildman–Crippen MR) is 174 cm³/mol. The Labute approximate surface area is 271 Å². The van der Waals surface area contributed by atoms with Gasteiger partial charge in [-0.1, -0.05) is 35.6 Å². The molecular formula is C33H30BrN3O7S. The quantitative estimate of drug-likeness (QED) is 0.116. The van der Waals surface area contributed by atoms with Crippen molar-refractivity contribution >= 4 is 45.0 Å². The lowest BCUT2D eigenvalue weighted by molar-refractivity contribution is -0.384. The van der Waals surface area contributed by atoms with Crippen molar-refractivity contribution in [2.75, 3.05) is 6.61 Å². The van der Waals surface area contributed by atoms with E-state index in [1.54, 1.807) is 38.1 Å². The second-order valence-corrected chi connectivity index (χ2v) is 12.3. The van der Waals surface area contributed by atoms with Crippen molar-refractivity contribution in [1.29, 1.82) is 0 Å². The fraction of sp³-hybridized carbons (Fsp3) is 0.242. The number of ether oxygens (including phenoxy) is 3. The van der Waals surface area contributed by atoms with E-state index in [0.717, 1.165) is 11.1 Å². The van der Waals surface area contributed by atoms with E-state index in [4.69, 9.17) is 14.2 Å². The van der Waals surface area contributed by atoms with Gasteiger partial charge < -0.3 is 14.2 Å². The van der Waals surface area contributed by atoms with Crippen LogP contribution < -0.4 is 24.4 Å². The highest BCUT2D eigenvalue weighted by atomic mass is 79.9. The van der Waals surface area contributed by atoms with Gasteiger partial charge in [0.25, 0.3) is 11.2 Å². The van der Waals surface area contributed by atoms with Gasteiger partial charge in [0.15, 0.2) is 4.80 Å². The molecule has 0 bridgehead atoms.